The van der Waals surface area contributed by atoms with Crippen molar-refractivity contribution in [3.05, 3.63) is 11.9 Å². The lowest BCUT2D eigenvalue weighted by molar-refractivity contribution is 1.75. The van der Waals surface area contributed by atoms with Gasteiger partial charge in [0, 0.05) is 5.33 Å². The molecule has 0 fully saturated rings. The molecule has 0 saturated heterocycles. The summed E-state index contributed by atoms with van der Waals surface area (Å²) >= 11 is 3.33. The number of hydrogen-bond donors (Lipinski definition) is 0. The van der Waals surface area contributed by atoms with E-state index >= 15 is 0 Å². The third kappa shape index (κ3) is 3.25. The Balaban J connectivity index is 3.35. The largest absolute Gasteiger partial charge is 0.0945 e. The maximum atomic E-state index is 3.85. The molecule has 0 rings (SSSR count). The van der Waals surface area contributed by atoms with Crippen LogP contribution in [0.25, 0.3) is 0 Å². The maximum Gasteiger partial charge on any atom is 0.0281 e. The lowest BCUT2D eigenvalue weighted by Gasteiger charge is -2.02. The summed E-state index contributed by atoms with van der Waals surface area (Å²) < 4.78 is 0. The van der Waals surface area contributed by atoms with Crippen LogP contribution in [-0.4, -0.2) is 18.7 Å². The molecular weight excluding hydrogens is 171 g/mol. The van der Waals surface area contributed by atoms with E-state index in [1.807, 2.05) is 0 Å². The van der Waals surface area contributed by atoms with E-state index in [4.69, 9.17) is 0 Å². The second-order valence-corrected chi connectivity index (χ2v) is 4.58. The highest BCUT2D eigenvalue weighted by Crippen LogP contribution is 2.35. The average Bonchev–Trinajstić information content (AvgIpc) is 1.65. The molecule has 42 valence electrons. The summed E-state index contributed by atoms with van der Waals surface area (Å²) in [6.45, 7) is 8.27. The second kappa shape index (κ2) is 3.63. The first-order chi connectivity index (χ1) is 3.18. The van der Waals surface area contributed by atoms with E-state index in [-0.39, 0.29) is 7.92 Å². The van der Waals surface area contributed by atoms with Crippen molar-refractivity contribution in [1.82, 2.24) is 0 Å². The van der Waals surface area contributed by atoms with Crippen LogP contribution in [-0.2, 0) is 0 Å². The predicted molar refractivity (Wildman–Crippen MR) is 41.7 cm³/mol. The van der Waals surface area contributed by atoms with E-state index in [9.17, 15) is 0 Å². The summed E-state index contributed by atoms with van der Waals surface area (Å²) in [6, 6.07) is 0. The molecule has 0 nitrogen and oxygen atoms in total. The number of alkyl halides is 1. The zero-order chi connectivity index (χ0) is 5.86. The summed E-state index contributed by atoms with van der Waals surface area (Å²) in [5, 5.41) is 2.29. The second-order valence-electron chi connectivity index (χ2n) is 1.59. The first-order valence-corrected chi connectivity index (χ1v) is 5.45. The van der Waals surface area contributed by atoms with Gasteiger partial charge in [-0.05, 0) is 18.6 Å². The summed E-state index contributed by atoms with van der Waals surface area (Å²) in [5.41, 5.74) is 0. The van der Waals surface area contributed by atoms with Crippen molar-refractivity contribution < 1.29 is 0 Å². The van der Waals surface area contributed by atoms with Crippen molar-refractivity contribution >= 4 is 23.9 Å². The molecule has 0 atom stereocenters. The lowest BCUT2D eigenvalue weighted by atomic mass is 10.8. The molecule has 0 aliphatic rings. The smallest absolute Gasteiger partial charge is 0.0281 e. The fourth-order valence-electron chi connectivity index (χ4n) is 0.120. The van der Waals surface area contributed by atoms with Gasteiger partial charge in [-0.2, -0.15) is 0 Å². The van der Waals surface area contributed by atoms with Gasteiger partial charge in [0.1, 0.15) is 0 Å². The Morgan fingerprint density at radius 2 is 2.14 bits per heavy atom. The number of hydrogen-bond acceptors (Lipinski definition) is 0. The van der Waals surface area contributed by atoms with Crippen LogP contribution in [0.3, 0.4) is 0 Å². The molecule has 0 heterocycles. The SMILES string of the molecule is C=C(CBr)P(C)C. The molecule has 0 spiro atoms. The van der Waals surface area contributed by atoms with Crippen LogP contribution in [0, 0.1) is 0 Å². The first-order valence-electron chi connectivity index (χ1n) is 2.09. The molecule has 0 radical (unpaired) electrons. The standard InChI is InChI=1S/C5H10BrP/c1-5(4-6)7(2)3/h1,4H2,2-3H3. The molecule has 0 aliphatic heterocycles. The monoisotopic (exact) mass is 180 g/mol. The van der Waals surface area contributed by atoms with Gasteiger partial charge < -0.3 is 0 Å². The van der Waals surface area contributed by atoms with Crippen LogP contribution in [0.15, 0.2) is 11.9 Å². The van der Waals surface area contributed by atoms with Crippen LogP contribution in [0.1, 0.15) is 0 Å². The molecule has 7 heavy (non-hydrogen) atoms. The van der Waals surface area contributed by atoms with E-state index in [2.05, 4.69) is 35.8 Å². The Bertz CT molecular complexity index is 68.5. The van der Waals surface area contributed by atoms with E-state index in [1.54, 1.807) is 0 Å². The van der Waals surface area contributed by atoms with Crippen molar-refractivity contribution in [2.45, 2.75) is 0 Å². The minimum Gasteiger partial charge on any atom is -0.0945 e. The molecule has 2 heteroatoms. The fourth-order valence-corrected chi connectivity index (χ4v) is 1.86. The molecule has 0 bridgehead atoms. The molecule has 0 aromatic heterocycles. The highest BCUT2D eigenvalue weighted by Gasteiger charge is 1.93. The summed E-state index contributed by atoms with van der Waals surface area (Å²) in [7, 11) is 0.0969. The van der Waals surface area contributed by atoms with Crippen LogP contribution in [0.2, 0.25) is 0 Å². The van der Waals surface area contributed by atoms with Crippen molar-refractivity contribution in [2.24, 2.45) is 0 Å². The maximum absolute atomic E-state index is 3.85. The zero-order valence-electron chi connectivity index (χ0n) is 4.74. The number of halogens is 1. The Hall–Kier alpha value is 0.650. The minimum absolute atomic E-state index is 0.0969. The Kier molecular flexibility index (Phi) is 3.96. The molecule has 0 amide bonds. The molecule has 0 unspecified atom stereocenters. The fraction of sp³-hybridized carbons (Fsp3) is 0.600. The normalized spacial score (nSPS) is 9.71. The summed E-state index contributed by atoms with van der Waals surface area (Å²) in [6.07, 6.45) is 0. The van der Waals surface area contributed by atoms with Crippen LogP contribution < -0.4 is 0 Å². The molecule has 0 aromatic carbocycles. The zero-order valence-corrected chi connectivity index (χ0v) is 7.22. The molecule has 0 N–H and O–H groups in total. The third-order valence-corrected chi connectivity index (χ3v) is 3.32. The Morgan fingerprint density at radius 3 is 2.14 bits per heavy atom. The van der Waals surface area contributed by atoms with Crippen molar-refractivity contribution in [3.63, 3.8) is 0 Å². The predicted octanol–water partition coefficient (Wildman–Crippen LogP) is 2.64. The quantitative estimate of drug-likeness (QED) is 0.453. The van der Waals surface area contributed by atoms with Crippen molar-refractivity contribution in [1.29, 1.82) is 0 Å². The number of rotatable bonds is 2. The van der Waals surface area contributed by atoms with Crippen LogP contribution in [0.5, 0.6) is 0 Å². The third-order valence-electron chi connectivity index (χ3n) is 0.787. The Morgan fingerprint density at radius 1 is 1.71 bits per heavy atom. The van der Waals surface area contributed by atoms with E-state index in [0.29, 0.717) is 0 Å². The summed E-state index contributed by atoms with van der Waals surface area (Å²) in [4.78, 5) is 0. The van der Waals surface area contributed by atoms with Crippen LogP contribution >= 0.6 is 23.9 Å². The van der Waals surface area contributed by atoms with Gasteiger partial charge in [0.2, 0.25) is 0 Å². The van der Waals surface area contributed by atoms with Crippen molar-refractivity contribution in [3.8, 4) is 0 Å². The van der Waals surface area contributed by atoms with Gasteiger partial charge >= 0.3 is 0 Å². The molecule has 0 aromatic rings. The lowest BCUT2D eigenvalue weighted by Crippen LogP contribution is -1.74. The van der Waals surface area contributed by atoms with Gasteiger partial charge in [-0.15, -0.1) is 0 Å². The van der Waals surface area contributed by atoms with E-state index in [0.717, 1.165) is 5.33 Å². The highest BCUT2D eigenvalue weighted by atomic mass is 79.9. The van der Waals surface area contributed by atoms with E-state index in [1.165, 1.54) is 5.31 Å². The first kappa shape index (κ1) is 7.65. The average molecular weight is 181 g/mol. The van der Waals surface area contributed by atoms with Gasteiger partial charge in [0.25, 0.3) is 0 Å². The summed E-state index contributed by atoms with van der Waals surface area (Å²) in [5.74, 6) is 0. The molecule has 0 aliphatic carbocycles. The topological polar surface area (TPSA) is 0 Å². The van der Waals surface area contributed by atoms with Gasteiger partial charge in [0.05, 0.1) is 0 Å². The molecule has 0 saturated carbocycles. The minimum atomic E-state index is 0.0969. The van der Waals surface area contributed by atoms with E-state index < -0.39 is 0 Å². The van der Waals surface area contributed by atoms with Crippen LogP contribution in [0.4, 0.5) is 0 Å². The van der Waals surface area contributed by atoms with Gasteiger partial charge in [-0.3, -0.25) is 0 Å². The van der Waals surface area contributed by atoms with Crippen molar-refractivity contribution in [2.75, 3.05) is 18.7 Å². The highest BCUT2D eigenvalue weighted by molar-refractivity contribution is 9.09. The van der Waals surface area contributed by atoms with Gasteiger partial charge in [-0.1, -0.05) is 30.4 Å². The number of allylic oxidation sites excluding steroid dienone is 1. The Labute approximate surface area is 54.9 Å². The molecular formula is C5H10BrP. The van der Waals surface area contributed by atoms with Gasteiger partial charge in [0.15, 0.2) is 0 Å². The van der Waals surface area contributed by atoms with Gasteiger partial charge in [-0.25, -0.2) is 0 Å².